The van der Waals surface area contributed by atoms with Crippen molar-refractivity contribution in [2.45, 2.75) is 18.7 Å². The van der Waals surface area contributed by atoms with E-state index in [1.165, 1.54) is 24.3 Å². The first-order chi connectivity index (χ1) is 14.3. The van der Waals surface area contributed by atoms with Crippen LogP contribution in [0.2, 0.25) is 0 Å². The minimum absolute atomic E-state index is 0.0686. The normalized spacial score (nSPS) is 11.4. The molecule has 0 saturated carbocycles. The van der Waals surface area contributed by atoms with Crippen molar-refractivity contribution in [3.63, 3.8) is 0 Å². The molecule has 30 heavy (non-hydrogen) atoms. The molecule has 8 heteroatoms. The molecule has 152 valence electrons. The van der Waals surface area contributed by atoms with E-state index in [2.05, 4.69) is 15.0 Å². The maximum Gasteiger partial charge on any atom is 0.261 e. The van der Waals surface area contributed by atoms with Crippen molar-refractivity contribution in [2.24, 2.45) is 0 Å². The average Bonchev–Trinajstić information content (AvgIpc) is 3.09. The van der Waals surface area contributed by atoms with Gasteiger partial charge in [0, 0.05) is 23.9 Å². The second kappa shape index (κ2) is 7.64. The maximum absolute atomic E-state index is 12.6. The van der Waals surface area contributed by atoms with Crippen LogP contribution in [0.3, 0.4) is 0 Å². The number of rotatable bonds is 5. The lowest BCUT2D eigenvalue weighted by Gasteiger charge is -2.09. The molecule has 1 aromatic heterocycles. The number of anilines is 2. The summed E-state index contributed by atoms with van der Waals surface area (Å²) < 4.78 is 33.1. The van der Waals surface area contributed by atoms with Crippen LogP contribution in [0.1, 0.15) is 21.8 Å². The van der Waals surface area contributed by atoms with E-state index in [1.54, 1.807) is 37.3 Å². The number of nitrogens with one attached hydrogen (secondary N) is 2. The number of benzene rings is 3. The lowest BCUT2D eigenvalue weighted by Crippen LogP contribution is -2.14. The van der Waals surface area contributed by atoms with Crippen LogP contribution in [-0.4, -0.2) is 19.3 Å². The fraction of sp³-hybridized carbons (Fsp3) is 0.0909. The first-order valence-electron chi connectivity index (χ1n) is 9.18. The van der Waals surface area contributed by atoms with Gasteiger partial charge in [-0.05, 0) is 61.5 Å². The van der Waals surface area contributed by atoms with Crippen LogP contribution in [0.5, 0.6) is 0 Å². The Morgan fingerprint density at radius 1 is 0.900 bits per heavy atom. The van der Waals surface area contributed by atoms with Crippen molar-refractivity contribution >= 4 is 38.4 Å². The van der Waals surface area contributed by atoms with E-state index in [4.69, 9.17) is 4.42 Å². The number of sulfonamides is 1. The molecule has 2 N–H and O–H groups in total. The van der Waals surface area contributed by atoms with E-state index in [-0.39, 0.29) is 10.8 Å². The Balaban J connectivity index is 1.48. The molecular weight excluding hydrogens is 402 g/mol. The van der Waals surface area contributed by atoms with Gasteiger partial charge in [-0.2, -0.15) is 0 Å². The van der Waals surface area contributed by atoms with Gasteiger partial charge >= 0.3 is 0 Å². The summed E-state index contributed by atoms with van der Waals surface area (Å²) in [6.07, 6.45) is 0. The summed E-state index contributed by atoms with van der Waals surface area (Å²) in [6.45, 7) is 3.68. The van der Waals surface area contributed by atoms with Gasteiger partial charge in [-0.25, -0.2) is 13.4 Å². The number of carbonyl (C=O) groups is 1. The van der Waals surface area contributed by atoms with Crippen LogP contribution >= 0.6 is 0 Å². The number of hydrogen-bond donors (Lipinski definition) is 2. The van der Waals surface area contributed by atoms with Gasteiger partial charge in [0.2, 0.25) is 0 Å². The summed E-state index contributed by atoms with van der Waals surface area (Å²) in [5.74, 6) is 0.189. The highest BCUT2D eigenvalue weighted by molar-refractivity contribution is 7.92. The van der Waals surface area contributed by atoms with Crippen LogP contribution in [0, 0.1) is 13.8 Å². The van der Waals surface area contributed by atoms with Crippen LogP contribution in [0.15, 0.2) is 76.0 Å². The van der Waals surface area contributed by atoms with E-state index in [0.29, 0.717) is 33.9 Å². The zero-order valence-electron chi connectivity index (χ0n) is 16.3. The molecule has 7 nitrogen and oxygen atoms in total. The molecule has 3 aromatic carbocycles. The number of amides is 1. The Kier molecular flexibility index (Phi) is 5.01. The highest BCUT2D eigenvalue weighted by Gasteiger charge is 2.15. The summed E-state index contributed by atoms with van der Waals surface area (Å²) in [4.78, 5) is 16.8. The number of hydrogen-bond acceptors (Lipinski definition) is 5. The minimum Gasteiger partial charge on any atom is -0.441 e. The molecule has 0 bridgehead atoms. The lowest BCUT2D eigenvalue weighted by molar-refractivity contribution is 0.102. The van der Waals surface area contributed by atoms with Crippen molar-refractivity contribution in [3.8, 4) is 0 Å². The summed E-state index contributed by atoms with van der Waals surface area (Å²) in [6, 6.07) is 17.9. The van der Waals surface area contributed by atoms with Crippen LogP contribution in [-0.2, 0) is 10.0 Å². The van der Waals surface area contributed by atoms with Crippen molar-refractivity contribution < 1.29 is 17.6 Å². The van der Waals surface area contributed by atoms with Crippen molar-refractivity contribution in [1.29, 1.82) is 0 Å². The third-order valence-corrected chi connectivity index (χ3v) is 5.88. The van der Waals surface area contributed by atoms with Gasteiger partial charge in [0.05, 0.1) is 4.90 Å². The Hall–Kier alpha value is -3.65. The molecular formula is C22H19N3O4S. The van der Waals surface area contributed by atoms with E-state index in [1.807, 2.05) is 19.1 Å². The van der Waals surface area contributed by atoms with Gasteiger partial charge in [-0.15, -0.1) is 0 Å². The van der Waals surface area contributed by atoms with E-state index in [0.717, 1.165) is 5.56 Å². The highest BCUT2D eigenvalue weighted by atomic mass is 32.2. The second-order valence-corrected chi connectivity index (χ2v) is 8.55. The molecule has 0 radical (unpaired) electrons. The van der Waals surface area contributed by atoms with Gasteiger partial charge in [0.15, 0.2) is 11.5 Å². The number of aromatic nitrogens is 1. The molecule has 0 aliphatic rings. The quantitative estimate of drug-likeness (QED) is 0.494. The predicted molar refractivity (Wildman–Crippen MR) is 115 cm³/mol. The monoisotopic (exact) mass is 421 g/mol. The zero-order valence-corrected chi connectivity index (χ0v) is 17.2. The first kappa shape index (κ1) is 19.7. The van der Waals surface area contributed by atoms with Crippen molar-refractivity contribution in [2.75, 3.05) is 10.0 Å². The average molecular weight is 421 g/mol. The number of aryl methyl sites for hydroxylation is 2. The Morgan fingerprint density at radius 3 is 2.27 bits per heavy atom. The Bertz CT molecular complexity index is 1330. The SMILES string of the molecule is Cc1ccc(NS(=O)(=O)c2ccc(C(=O)Nc3ccc4oc(C)nc4c3)cc2)cc1. The fourth-order valence-electron chi connectivity index (χ4n) is 2.94. The molecule has 0 atom stereocenters. The van der Waals surface area contributed by atoms with Crippen LogP contribution < -0.4 is 10.0 Å². The third-order valence-electron chi connectivity index (χ3n) is 4.48. The smallest absolute Gasteiger partial charge is 0.261 e. The molecule has 0 saturated heterocycles. The van der Waals surface area contributed by atoms with Crippen molar-refractivity contribution in [1.82, 2.24) is 4.98 Å². The van der Waals surface area contributed by atoms with Gasteiger partial charge in [0.1, 0.15) is 5.52 Å². The molecule has 4 aromatic rings. The molecule has 0 aliphatic heterocycles. The fourth-order valence-corrected chi connectivity index (χ4v) is 4.00. The van der Waals surface area contributed by atoms with Crippen LogP contribution in [0.25, 0.3) is 11.1 Å². The topological polar surface area (TPSA) is 101 Å². The van der Waals surface area contributed by atoms with Gasteiger partial charge in [-0.3, -0.25) is 9.52 Å². The summed E-state index contributed by atoms with van der Waals surface area (Å²) >= 11 is 0. The minimum atomic E-state index is -3.75. The second-order valence-electron chi connectivity index (χ2n) is 6.87. The molecule has 0 fully saturated rings. The number of fused-ring (bicyclic) bond motifs is 1. The predicted octanol–water partition coefficient (Wildman–Crippen LogP) is 4.50. The number of carbonyl (C=O) groups excluding carboxylic acids is 1. The van der Waals surface area contributed by atoms with E-state index < -0.39 is 10.0 Å². The molecule has 0 unspecified atom stereocenters. The molecule has 4 rings (SSSR count). The lowest BCUT2D eigenvalue weighted by atomic mass is 10.2. The number of nitrogens with zero attached hydrogens (tertiary/aromatic N) is 1. The van der Waals surface area contributed by atoms with E-state index >= 15 is 0 Å². The van der Waals surface area contributed by atoms with Gasteiger partial charge in [-0.1, -0.05) is 17.7 Å². The summed E-state index contributed by atoms with van der Waals surface area (Å²) in [5, 5.41) is 2.78. The summed E-state index contributed by atoms with van der Waals surface area (Å²) in [5.41, 5.74) is 3.70. The molecule has 1 heterocycles. The molecule has 1 amide bonds. The summed E-state index contributed by atoms with van der Waals surface area (Å²) in [7, 11) is -3.75. The molecule has 0 aliphatic carbocycles. The number of oxazole rings is 1. The van der Waals surface area contributed by atoms with Gasteiger partial charge in [0.25, 0.3) is 15.9 Å². The first-order valence-corrected chi connectivity index (χ1v) is 10.7. The molecule has 0 spiro atoms. The van der Waals surface area contributed by atoms with Crippen LogP contribution in [0.4, 0.5) is 11.4 Å². The zero-order chi connectivity index (χ0) is 21.3. The van der Waals surface area contributed by atoms with Gasteiger partial charge < -0.3 is 9.73 Å². The van der Waals surface area contributed by atoms with Crippen molar-refractivity contribution in [3.05, 3.63) is 83.7 Å². The third kappa shape index (κ3) is 4.18. The Labute approximate surface area is 173 Å². The maximum atomic E-state index is 12.6. The largest absolute Gasteiger partial charge is 0.441 e. The van der Waals surface area contributed by atoms with E-state index in [9.17, 15) is 13.2 Å². The standard InChI is InChI=1S/C22H19N3O4S/c1-14-3-7-17(8-4-14)25-30(27,28)19-10-5-16(6-11-19)22(26)24-18-9-12-21-20(13-18)23-15(2)29-21/h3-13,25H,1-2H3,(H,24,26). The highest BCUT2D eigenvalue weighted by Crippen LogP contribution is 2.21. The Morgan fingerprint density at radius 2 is 1.57 bits per heavy atom.